The van der Waals surface area contributed by atoms with Gasteiger partial charge in [0, 0.05) is 30.7 Å². The number of carbonyl (C=O) groups is 2. The number of morpholine rings is 1. The number of nitrogens with zero attached hydrogens (tertiary/aromatic N) is 2. The second-order valence-electron chi connectivity index (χ2n) is 8.92. The van der Waals surface area contributed by atoms with E-state index in [1.54, 1.807) is 18.2 Å². The van der Waals surface area contributed by atoms with Crippen LogP contribution in [0.25, 0.3) is 5.76 Å². The van der Waals surface area contributed by atoms with Gasteiger partial charge in [0.25, 0.3) is 11.7 Å². The molecule has 2 aromatic carbocycles. The van der Waals surface area contributed by atoms with Crippen molar-refractivity contribution in [2.75, 3.05) is 60.7 Å². The SMILES string of the molecule is COc1cc(C2/C(=C(\O)c3cc(Br)ccc3O)C(=O)C(=O)N2CCCN2CCOCC2)cc(OC)c1OC. The number of ether oxygens (including phenoxy) is 4. The summed E-state index contributed by atoms with van der Waals surface area (Å²) >= 11 is 3.33. The van der Waals surface area contributed by atoms with Crippen LogP contribution in [0, 0.1) is 0 Å². The van der Waals surface area contributed by atoms with Gasteiger partial charge in [-0.05, 0) is 42.3 Å². The average Bonchev–Trinajstić information content (AvgIpc) is 3.18. The van der Waals surface area contributed by atoms with Gasteiger partial charge >= 0.3 is 0 Å². The molecule has 2 fully saturated rings. The molecule has 0 spiro atoms. The molecule has 2 aromatic rings. The number of halogens is 1. The van der Waals surface area contributed by atoms with E-state index in [9.17, 15) is 19.8 Å². The highest BCUT2D eigenvalue weighted by molar-refractivity contribution is 9.10. The average molecular weight is 591 g/mol. The van der Waals surface area contributed by atoms with Crippen LogP contribution < -0.4 is 14.2 Å². The number of likely N-dealkylation sites (tertiary alicyclic amines) is 1. The number of ketones is 1. The molecule has 1 unspecified atom stereocenters. The normalized spacial score (nSPS) is 19.6. The molecule has 0 saturated carbocycles. The van der Waals surface area contributed by atoms with E-state index in [-0.39, 0.29) is 23.4 Å². The van der Waals surface area contributed by atoms with Gasteiger partial charge < -0.3 is 34.1 Å². The predicted molar refractivity (Wildman–Crippen MR) is 143 cm³/mol. The molecule has 0 bridgehead atoms. The first-order chi connectivity index (χ1) is 18.3. The van der Waals surface area contributed by atoms with E-state index in [2.05, 4.69) is 20.8 Å². The number of hydrogen-bond donors (Lipinski definition) is 2. The predicted octanol–water partition coefficient (Wildman–Crippen LogP) is 3.32. The van der Waals surface area contributed by atoms with E-state index >= 15 is 0 Å². The molecule has 4 rings (SSSR count). The van der Waals surface area contributed by atoms with Crippen LogP contribution in [0.1, 0.15) is 23.6 Å². The molecule has 2 N–H and O–H groups in total. The van der Waals surface area contributed by atoms with Gasteiger partial charge in [0.05, 0.1) is 51.7 Å². The summed E-state index contributed by atoms with van der Waals surface area (Å²) in [4.78, 5) is 30.4. The summed E-state index contributed by atoms with van der Waals surface area (Å²) in [6.45, 7) is 3.91. The molecule has 2 aliphatic rings. The third-order valence-electron chi connectivity index (χ3n) is 6.73. The van der Waals surface area contributed by atoms with Gasteiger partial charge in [0.15, 0.2) is 11.5 Å². The van der Waals surface area contributed by atoms with Crippen LogP contribution in [0.3, 0.4) is 0 Å². The van der Waals surface area contributed by atoms with Crippen molar-refractivity contribution < 1.29 is 38.7 Å². The fourth-order valence-electron chi connectivity index (χ4n) is 4.85. The Morgan fingerprint density at radius 3 is 2.29 bits per heavy atom. The maximum Gasteiger partial charge on any atom is 0.295 e. The molecule has 0 aromatic heterocycles. The van der Waals surface area contributed by atoms with Gasteiger partial charge in [-0.3, -0.25) is 14.5 Å². The molecule has 204 valence electrons. The second-order valence-corrected chi connectivity index (χ2v) is 9.84. The summed E-state index contributed by atoms with van der Waals surface area (Å²) in [5.41, 5.74) is 0.383. The number of carbonyl (C=O) groups excluding carboxylic acids is 2. The number of phenolic OH excluding ortho intramolecular Hbond substituents is 1. The highest BCUT2D eigenvalue weighted by Crippen LogP contribution is 2.46. The van der Waals surface area contributed by atoms with Gasteiger partial charge in [0.1, 0.15) is 11.5 Å². The largest absolute Gasteiger partial charge is 0.507 e. The smallest absolute Gasteiger partial charge is 0.295 e. The Labute approximate surface area is 229 Å². The maximum atomic E-state index is 13.4. The van der Waals surface area contributed by atoms with E-state index in [4.69, 9.17) is 18.9 Å². The monoisotopic (exact) mass is 590 g/mol. The third kappa shape index (κ3) is 5.45. The molecule has 2 saturated heterocycles. The summed E-state index contributed by atoms with van der Waals surface area (Å²) in [6, 6.07) is 6.84. The maximum absolute atomic E-state index is 13.4. The summed E-state index contributed by atoms with van der Waals surface area (Å²) < 4.78 is 22.4. The first-order valence-electron chi connectivity index (χ1n) is 12.2. The number of amides is 1. The summed E-state index contributed by atoms with van der Waals surface area (Å²) in [5.74, 6) is -1.25. The Morgan fingerprint density at radius 1 is 1.03 bits per heavy atom. The number of methoxy groups -OCH3 is 3. The molecule has 0 radical (unpaired) electrons. The molecule has 38 heavy (non-hydrogen) atoms. The summed E-state index contributed by atoms with van der Waals surface area (Å²) in [7, 11) is 4.42. The van der Waals surface area contributed by atoms with Gasteiger partial charge in [-0.15, -0.1) is 0 Å². The molecular formula is C27H31BrN2O8. The molecule has 0 aliphatic carbocycles. The van der Waals surface area contributed by atoms with Crippen molar-refractivity contribution in [2.45, 2.75) is 12.5 Å². The number of hydrogen-bond acceptors (Lipinski definition) is 9. The Bertz CT molecular complexity index is 1220. The van der Waals surface area contributed by atoms with E-state index in [1.165, 1.54) is 38.4 Å². The summed E-state index contributed by atoms with van der Waals surface area (Å²) in [6.07, 6.45) is 0.607. The van der Waals surface area contributed by atoms with Crippen molar-refractivity contribution in [3.8, 4) is 23.0 Å². The van der Waals surface area contributed by atoms with Crippen LogP contribution >= 0.6 is 15.9 Å². The minimum absolute atomic E-state index is 0.0307. The minimum Gasteiger partial charge on any atom is -0.507 e. The topological polar surface area (TPSA) is 118 Å². The lowest BCUT2D eigenvalue weighted by molar-refractivity contribution is -0.140. The van der Waals surface area contributed by atoms with E-state index < -0.39 is 23.5 Å². The van der Waals surface area contributed by atoms with Crippen molar-refractivity contribution in [2.24, 2.45) is 0 Å². The number of phenols is 1. The molecule has 2 heterocycles. The van der Waals surface area contributed by atoms with E-state index in [0.717, 1.165) is 19.6 Å². The Kier molecular flexibility index (Phi) is 8.80. The van der Waals surface area contributed by atoms with Crippen LogP contribution in [0.4, 0.5) is 0 Å². The van der Waals surface area contributed by atoms with Crippen LogP contribution in [-0.4, -0.2) is 92.4 Å². The first-order valence-corrected chi connectivity index (χ1v) is 13.0. The fraction of sp³-hybridized carbons (Fsp3) is 0.407. The zero-order chi connectivity index (χ0) is 27.4. The fourth-order valence-corrected chi connectivity index (χ4v) is 5.21. The van der Waals surface area contributed by atoms with Gasteiger partial charge in [-0.1, -0.05) is 15.9 Å². The van der Waals surface area contributed by atoms with Crippen molar-refractivity contribution in [1.82, 2.24) is 9.80 Å². The number of rotatable bonds is 9. The Morgan fingerprint density at radius 2 is 1.68 bits per heavy atom. The molecular weight excluding hydrogens is 560 g/mol. The zero-order valence-electron chi connectivity index (χ0n) is 21.5. The van der Waals surface area contributed by atoms with Crippen LogP contribution in [0.15, 0.2) is 40.4 Å². The van der Waals surface area contributed by atoms with Gasteiger partial charge in [-0.2, -0.15) is 0 Å². The lowest BCUT2D eigenvalue weighted by Crippen LogP contribution is -2.39. The van der Waals surface area contributed by atoms with Crippen molar-refractivity contribution in [3.05, 3.63) is 51.5 Å². The van der Waals surface area contributed by atoms with Crippen LogP contribution in [-0.2, 0) is 14.3 Å². The molecule has 11 heteroatoms. The lowest BCUT2D eigenvalue weighted by Gasteiger charge is -2.29. The molecule has 10 nitrogen and oxygen atoms in total. The summed E-state index contributed by atoms with van der Waals surface area (Å²) in [5, 5.41) is 21.8. The number of Topliss-reactive ketones (excluding diaryl/α,β-unsaturated/α-hetero) is 1. The number of aliphatic hydroxyl groups is 1. The number of aliphatic hydroxyl groups excluding tert-OH is 1. The molecule has 1 amide bonds. The van der Waals surface area contributed by atoms with Crippen molar-refractivity contribution in [1.29, 1.82) is 0 Å². The lowest BCUT2D eigenvalue weighted by atomic mass is 9.94. The highest BCUT2D eigenvalue weighted by atomic mass is 79.9. The quantitative estimate of drug-likeness (QED) is 0.257. The highest BCUT2D eigenvalue weighted by Gasteiger charge is 2.46. The van der Waals surface area contributed by atoms with Gasteiger partial charge in [-0.25, -0.2) is 0 Å². The Balaban J connectivity index is 1.81. The van der Waals surface area contributed by atoms with Gasteiger partial charge in [0.2, 0.25) is 5.75 Å². The second kappa shape index (κ2) is 12.1. The zero-order valence-corrected chi connectivity index (χ0v) is 23.1. The van der Waals surface area contributed by atoms with Crippen LogP contribution in [0.5, 0.6) is 23.0 Å². The standard InChI is InChI=1S/C27H31BrN2O8/c1-35-20-13-16(14-21(36-2)26(20)37-3)23-22(24(32)18-15-17(28)5-6-19(18)31)25(33)27(34)30(23)8-4-7-29-9-11-38-12-10-29/h5-6,13-15,23,31-32H,4,7-12H2,1-3H3/b24-22+. The van der Waals surface area contributed by atoms with Crippen molar-refractivity contribution >= 4 is 33.4 Å². The van der Waals surface area contributed by atoms with E-state index in [1.807, 2.05) is 0 Å². The first kappa shape index (κ1) is 27.7. The number of benzene rings is 2. The minimum atomic E-state index is -0.952. The Hall–Kier alpha value is -3.28. The number of aromatic hydroxyl groups is 1. The molecule has 1 atom stereocenters. The van der Waals surface area contributed by atoms with Crippen molar-refractivity contribution in [3.63, 3.8) is 0 Å². The molecule has 2 aliphatic heterocycles. The van der Waals surface area contributed by atoms with Crippen LogP contribution in [0.2, 0.25) is 0 Å². The van der Waals surface area contributed by atoms with E-state index in [0.29, 0.717) is 46.9 Å². The third-order valence-corrected chi connectivity index (χ3v) is 7.23.